The third kappa shape index (κ3) is 4.55. The van der Waals surface area contributed by atoms with E-state index in [0.29, 0.717) is 11.1 Å². The first-order valence-electron chi connectivity index (χ1n) is 11.3. The fraction of sp³-hybridized carbons (Fsp3) is 0.148. The van der Waals surface area contributed by atoms with E-state index in [0.717, 1.165) is 23.3 Å². The van der Waals surface area contributed by atoms with E-state index in [1.807, 2.05) is 18.4 Å². The van der Waals surface area contributed by atoms with Crippen LogP contribution in [0.3, 0.4) is 0 Å². The number of amides is 1. The standard InChI is InChI=1S/C27H22F2N4O3/c28-22-7-5-17(12-23(22)29)15-33-10-2-4-19(27(33)36)26(35)32-13-16-6-8-24(34)20(11-16)21-14-31-25-18(21)3-1-9-30-25/h1-12,14,18,25,31,34H,13,15H2,(H,32,35). The molecule has 0 radical (unpaired) electrons. The molecule has 0 spiro atoms. The summed E-state index contributed by atoms with van der Waals surface area (Å²) in [5, 5.41) is 16.4. The Morgan fingerprint density at radius 1 is 1.11 bits per heavy atom. The van der Waals surface area contributed by atoms with Crippen molar-refractivity contribution in [3.63, 3.8) is 0 Å². The predicted octanol–water partition coefficient (Wildman–Crippen LogP) is 3.34. The number of allylic oxidation sites excluding steroid dienone is 1. The molecule has 0 saturated heterocycles. The molecular weight excluding hydrogens is 466 g/mol. The predicted molar refractivity (Wildman–Crippen MR) is 131 cm³/mol. The van der Waals surface area contributed by atoms with E-state index in [1.54, 1.807) is 30.5 Å². The van der Waals surface area contributed by atoms with Crippen molar-refractivity contribution in [3.8, 4) is 5.75 Å². The first-order valence-corrected chi connectivity index (χ1v) is 11.3. The minimum atomic E-state index is -1.00. The highest BCUT2D eigenvalue weighted by Crippen LogP contribution is 2.37. The Labute approximate surface area is 205 Å². The fourth-order valence-electron chi connectivity index (χ4n) is 4.33. The highest BCUT2D eigenvalue weighted by Gasteiger charge is 2.30. The van der Waals surface area contributed by atoms with Crippen LogP contribution in [0.5, 0.6) is 5.75 Å². The number of aromatic nitrogens is 1. The summed E-state index contributed by atoms with van der Waals surface area (Å²) < 4.78 is 28.0. The first kappa shape index (κ1) is 23.2. The van der Waals surface area contributed by atoms with Crippen LogP contribution in [-0.4, -0.2) is 28.0 Å². The van der Waals surface area contributed by atoms with E-state index in [-0.39, 0.29) is 36.5 Å². The van der Waals surface area contributed by atoms with Crippen LogP contribution < -0.4 is 16.2 Å². The van der Waals surface area contributed by atoms with Crippen molar-refractivity contribution >= 4 is 17.7 Å². The van der Waals surface area contributed by atoms with Crippen molar-refractivity contribution in [2.45, 2.75) is 19.3 Å². The molecule has 5 rings (SSSR count). The van der Waals surface area contributed by atoms with Gasteiger partial charge in [0, 0.05) is 36.6 Å². The van der Waals surface area contributed by atoms with E-state index >= 15 is 0 Å². The molecule has 0 saturated carbocycles. The largest absolute Gasteiger partial charge is 0.507 e. The Kier molecular flexibility index (Phi) is 6.20. The smallest absolute Gasteiger partial charge is 0.263 e. The molecule has 1 aromatic heterocycles. The SMILES string of the molecule is O=C(NCc1ccc(O)c(C2=CNC3N=CC=CC23)c1)c1cccn(Cc2ccc(F)c(F)c2)c1=O. The molecule has 2 aliphatic rings. The van der Waals surface area contributed by atoms with Gasteiger partial charge >= 0.3 is 0 Å². The average molecular weight is 488 g/mol. The van der Waals surface area contributed by atoms with Gasteiger partial charge in [-0.05, 0) is 59.2 Å². The van der Waals surface area contributed by atoms with Crippen LogP contribution in [0.2, 0.25) is 0 Å². The van der Waals surface area contributed by atoms with Gasteiger partial charge in [0.1, 0.15) is 17.5 Å². The molecule has 1 amide bonds. The fourth-order valence-corrected chi connectivity index (χ4v) is 4.33. The summed E-state index contributed by atoms with van der Waals surface area (Å²) in [6.07, 6.45) is 8.80. The second kappa shape index (κ2) is 9.61. The van der Waals surface area contributed by atoms with Gasteiger partial charge in [-0.1, -0.05) is 18.2 Å². The van der Waals surface area contributed by atoms with E-state index in [9.17, 15) is 23.5 Å². The number of dihydropyridines is 1. The zero-order chi connectivity index (χ0) is 25.2. The van der Waals surface area contributed by atoms with Crippen molar-refractivity contribution in [2.24, 2.45) is 10.9 Å². The molecule has 2 unspecified atom stereocenters. The lowest BCUT2D eigenvalue weighted by Gasteiger charge is -2.19. The molecule has 9 heteroatoms. The van der Waals surface area contributed by atoms with Gasteiger partial charge in [0.15, 0.2) is 11.6 Å². The van der Waals surface area contributed by atoms with Gasteiger partial charge < -0.3 is 20.3 Å². The molecule has 0 fully saturated rings. The second-order valence-corrected chi connectivity index (χ2v) is 8.56. The van der Waals surface area contributed by atoms with Crippen LogP contribution in [0.15, 0.2) is 82.9 Å². The van der Waals surface area contributed by atoms with Gasteiger partial charge in [0.25, 0.3) is 11.5 Å². The van der Waals surface area contributed by atoms with Crippen LogP contribution in [-0.2, 0) is 13.1 Å². The molecule has 0 bridgehead atoms. The van der Waals surface area contributed by atoms with Crippen molar-refractivity contribution in [3.05, 3.63) is 117 Å². The van der Waals surface area contributed by atoms with E-state index in [4.69, 9.17) is 0 Å². The van der Waals surface area contributed by atoms with Gasteiger partial charge in [-0.15, -0.1) is 0 Å². The Balaban J connectivity index is 1.30. The summed E-state index contributed by atoms with van der Waals surface area (Å²) in [5.74, 6) is -2.44. The Morgan fingerprint density at radius 3 is 2.78 bits per heavy atom. The number of hydrogen-bond acceptors (Lipinski definition) is 5. The van der Waals surface area contributed by atoms with E-state index in [2.05, 4.69) is 15.6 Å². The third-order valence-corrected chi connectivity index (χ3v) is 6.19. The lowest BCUT2D eigenvalue weighted by atomic mass is 9.90. The van der Waals surface area contributed by atoms with Crippen molar-refractivity contribution in [1.29, 1.82) is 0 Å². The molecule has 2 aliphatic heterocycles. The Bertz CT molecular complexity index is 1490. The number of phenolic OH excluding ortho intramolecular Hbond substituents is 1. The molecular formula is C27H22F2N4O3. The normalized spacial score (nSPS) is 17.9. The molecule has 7 nitrogen and oxygen atoms in total. The number of aliphatic imine (C=N–C) groups is 1. The molecule has 2 atom stereocenters. The van der Waals surface area contributed by atoms with Crippen LogP contribution in [0.4, 0.5) is 8.78 Å². The number of nitrogens with zero attached hydrogens (tertiary/aromatic N) is 2. The minimum Gasteiger partial charge on any atom is -0.507 e. The minimum absolute atomic E-state index is 0.0110. The summed E-state index contributed by atoms with van der Waals surface area (Å²) in [4.78, 5) is 30.0. The van der Waals surface area contributed by atoms with Gasteiger partial charge in [0.05, 0.1) is 6.54 Å². The number of hydrogen-bond donors (Lipinski definition) is 3. The first-order chi connectivity index (χ1) is 17.4. The topological polar surface area (TPSA) is 95.7 Å². The number of nitrogens with one attached hydrogen (secondary N) is 2. The summed E-state index contributed by atoms with van der Waals surface area (Å²) in [6, 6.07) is 11.4. The number of phenols is 1. The van der Waals surface area contributed by atoms with Crippen LogP contribution >= 0.6 is 0 Å². The zero-order valence-corrected chi connectivity index (χ0v) is 19.0. The molecule has 36 heavy (non-hydrogen) atoms. The van der Waals surface area contributed by atoms with Crippen molar-refractivity contribution in [1.82, 2.24) is 15.2 Å². The molecule has 2 aromatic carbocycles. The molecule has 182 valence electrons. The number of carbonyl (C=O) groups excluding carboxylic acids is 1. The number of pyridine rings is 1. The average Bonchev–Trinajstić information content (AvgIpc) is 3.31. The lowest BCUT2D eigenvalue weighted by Crippen LogP contribution is -2.32. The number of fused-ring (bicyclic) bond motifs is 1. The maximum Gasteiger partial charge on any atom is 0.263 e. The summed E-state index contributed by atoms with van der Waals surface area (Å²) in [6.45, 7) is 0.120. The van der Waals surface area contributed by atoms with E-state index in [1.165, 1.54) is 22.9 Å². The van der Waals surface area contributed by atoms with Crippen molar-refractivity contribution in [2.75, 3.05) is 0 Å². The van der Waals surface area contributed by atoms with Gasteiger partial charge in [-0.3, -0.25) is 14.6 Å². The highest BCUT2D eigenvalue weighted by atomic mass is 19.2. The number of carbonyl (C=O) groups is 1. The highest BCUT2D eigenvalue weighted by molar-refractivity contribution is 5.93. The lowest BCUT2D eigenvalue weighted by molar-refractivity contribution is 0.0949. The molecule has 3 aromatic rings. The van der Waals surface area contributed by atoms with Crippen molar-refractivity contribution < 1.29 is 18.7 Å². The summed E-state index contributed by atoms with van der Waals surface area (Å²) >= 11 is 0. The second-order valence-electron chi connectivity index (χ2n) is 8.56. The third-order valence-electron chi connectivity index (χ3n) is 6.19. The number of halogens is 2. The summed E-state index contributed by atoms with van der Waals surface area (Å²) in [7, 11) is 0. The van der Waals surface area contributed by atoms with Gasteiger partial charge in [0.2, 0.25) is 0 Å². The van der Waals surface area contributed by atoms with Crippen LogP contribution in [0.1, 0.15) is 27.0 Å². The monoisotopic (exact) mass is 488 g/mol. The number of benzene rings is 2. The number of rotatable bonds is 6. The maximum atomic E-state index is 13.5. The number of aromatic hydroxyl groups is 1. The molecule has 3 heterocycles. The van der Waals surface area contributed by atoms with Crippen LogP contribution in [0, 0.1) is 17.6 Å². The quantitative estimate of drug-likeness (QED) is 0.496. The Morgan fingerprint density at radius 2 is 1.94 bits per heavy atom. The molecule has 0 aliphatic carbocycles. The van der Waals surface area contributed by atoms with E-state index < -0.39 is 23.1 Å². The molecule has 3 N–H and O–H groups in total. The van der Waals surface area contributed by atoms with Gasteiger partial charge in [-0.25, -0.2) is 8.78 Å². The van der Waals surface area contributed by atoms with Gasteiger partial charge in [-0.2, -0.15) is 0 Å². The summed E-state index contributed by atoms with van der Waals surface area (Å²) in [5.41, 5.74) is 2.03. The maximum absolute atomic E-state index is 13.5. The Hall–Kier alpha value is -4.53. The van der Waals surface area contributed by atoms with Crippen LogP contribution in [0.25, 0.3) is 5.57 Å². The zero-order valence-electron chi connectivity index (χ0n) is 19.0.